The van der Waals surface area contributed by atoms with Crippen LogP contribution in [0.1, 0.15) is 12.5 Å². The van der Waals surface area contributed by atoms with Gasteiger partial charge in [-0.05, 0) is 30.2 Å². The average Bonchev–Trinajstić information content (AvgIpc) is 2.77. The van der Waals surface area contributed by atoms with Crippen LogP contribution >= 0.6 is 0 Å². The topological polar surface area (TPSA) is 69.6 Å². The summed E-state index contributed by atoms with van der Waals surface area (Å²) in [5.41, 5.74) is 3.73. The summed E-state index contributed by atoms with van der Waals surface area (Å²) in [6, 6.07) is 9.84. The lowest BCUT2D eigenvalue weighted by Crippen LogP contribution is -2.37. The molecule has 0 atom stereocenters. The van der Waals surface area contributed by atoms with Crippen LogP contribution in [-0.4, -0.2) is 55.2 Å². The van der Waals surface area contributed by atoms with E-state index >= 15 is 0 Å². The maximum atomic E-state index is 5.57. The first kappa shape index (κ1) is 18.6. The Bertz CT molecular complexity index is 958. The molecule has 0 radical (unpaired) electrons. The zero-order valence-corrected chi connectivity index (χ0v) is 16.2. The van der Waals surface area contributed by atoms with Crippen molar-refractivity contribution in [2.45, 2.75) is 13.3 Å². The van der Waals surface area contributed by atoms with Crippen LogP contribution in [0.2, 0.25) is 0 Å². The molecule has 3 heterocycles. The predicted octanol–water partition coefficient (Wildman–Crippen LogP) is 3.07. The Morgan fingerprint density at radius 1 is 1.14 bits per heavy atom. The molecule has 2 aromatic heterocycles. The van der Waals surface area contributed by atoms with Gasteiger partial charge in [0.05, 0.1) is 18.7 Å². The van der Waals surface area contributed by atoms with Crippen LogP contribution in [0.25, 0.3) is 22.4 Å². The summed E-state index contributed by atoms with van der Waals surface area (Å²) < 4.78 is 16.1. The predicted molar refractivity (Wildman–Crippen MR) is 108 cm³/mol. The molecule has 7 heteroatoms. The summed E-state index contributed by atoms with van der Waals surface area (Å²) in [5.74, 6) is 2.23. The largest absolute Gasteiger partial charge is 0.468 e. The molecule has 1 aliphatic heterocycles. The lowest BCUT2D eigenvalue weighted by Gasteiger charge is -2.28. The highest BCUT2D eigenvalue weighted by Gasteiger charge is 2.19. The smallest absolute Gasteiger partial charge is 0.188 e. The highest BCUT2D eigenvalue weighted by Crippen LogP contribution is 2.29. The van der Waals surface area contributed by atoms with Gasteiger partial charge in [0.15, 0.2) is 18.4 Å². The second kappa shape index (κ2) is 8.50. The SMILES string of the molecule is CCc1cnc2c(N3CCOCC3)nc(-c3cccc(OCOC)c3)nc2c1. The van der Waals surface area contributed by atoms with Gasteiger partial charge in [-0.25, -0.2) is 9.97 Å². The molecule has 0 saturated carbocycles. The van der Waals surface area contributed by atoms with Crippen molar-refractivity contribution in [2.75, 3.05) is 45.1 Å². The first-order chi connectivity index (χ1) is 13.8. The van der Waals surface area contributed by atoms with Crippen molar-refractivity contribution >= 4 is 16.9 Å². The van der Waals surface area contributed by atoms with Gasteiger partial charge >= 0.3 is 0 Å². The number of hydrogen-bond acceptors (Lipinski definition) is 7. The minimum atomic E-state index is 0.199. The molecule has 28 heavy (non-hydrogen) atoms. The van der Waals surface area contributed by atoms with E-state index in [4.69, 9.17) is 24.2 Å². The molecule has 146 valence electrons. The van der Waals surface area contributed by atoms with Crippen LogP contribution in [0.5, 0.6) is 5.75 Å². The lowest BCUT2D eigenvalue weighted by atomic mass is 10.1. The third-order valence-corrected chi connectivity index (χ3v) is 4.73. The Kier molecular flexibility index (Phi) is 5.64. The van der Waals surface area contributed by atoms with Crippen LogP contribution in [-0.2, 0) is 15.9 Å². The molecule has 0 bridgehead atoms. The van der Waals surface area contributed by atoms with Crippen LogP contribution < -0.4 is 9.64 Å². The minimum Gasteiger partial charge on any atom is -0.468 e. The van der Waals surface area contributed by atoms with E-state index in [-0.39, 0.29) is 6.79 Å². The highest BCUT2D eigenvalue weighted by atomic mass is 16.7. The summed E-state index contributed by atoms with van der Waals surface area (Å²) >= 11 is 0. The molecular weight excluding hydrogens is 356 g/mol. The van der Waals surface area contributed by atoms with Gasteiger partial charge in [0.1, 0.15) is 11.3 Å². The molecule has 0 spiro atoms. The lowest BCUT2D eigenvalue weighted by molar-refractivity contribution is 0.0511. The van der Waals surface area contributed by atoms with Crippen LogP contribution in [0.15, 0.2) is 36.5 Å². The van der Waals surface area contributed by atoms with E-state index in [1.165, 1.54) is 0 Å². The van der Waals surface area contributed by atoms with Gasteiger partial charge in [-0.1, -0.05) is 19.1 Å². The zero-order valence-electron chi connectivity index (χ0n) is 16.2. The van der Waals surface area contributed by atoms with E-state index in [0.29, 0.717) is 19.0 Å². The number of aryl methyl sites for hydroxylation is 1. The second-order valence-electron chi connectivity index (χ2n) is 6.61. The van der Waals surface area contributed by atoms with E-state index in [0.717, 1.165) is 53.2 Å². The number of rotatable bonds is 6. The molecule has 0 amide bonds. The van der Waals surface area contributed by atoms with E-state index in [1.54, 1.807) is 7.11 Å². The first-order valence-electron chi connectivity index (χ1n) is 9.50. The minimum absolute atomic E-state index is 0.199. The molecular formula is C21H24N4O3. The van der Waals surface area contributed by atoms with Crippen molar-refractivity contribution in [1.82, 2.24) is 15.0 Å². The van der Waals surface area contributed by atoms with E-state index < -0.39 is 0 Å². The van der Waals surface area contributed by atoms with Crippen LogP contribution in [0, 0.1) is 0 Å². The summed E-state index contributed by atoms with van der Waals surface area (Å²) in [7, 11) is 1.60. The fourth-order valence-electron chi connectivity index (χ4n) is 3.21. The number of nitrogens with zero attached hydrogens (tertiary/aromatic N) is 4. The Labute approximate surface area is 164 Å². The van der Waals surface area contributed by atoms with E-state index in [2.05, 4.69) is 22.9 Å². The number of morpholine rings is 1. The number of hydrogen-bond donors (Lipinski definition) is 0. The third kappa shape index (κ3) is 3.90. The Balaban J connectivity index is 1.81. The van der Waals surface area contributed by atoms with Gasteiger partial charge in [0, 0.05) is 32.0 Å². The fourth-order valence-corrected chi connectivity index (χ4v) is 3.21. The molecule has 0 N–H and O–H groups in total. The van der Waals surface area contributed by atoms with Gasteiger partial charge in [-0.2, -0.15) is 0 Å². The third-order valence-electron chi connectivity index (χ3n) is 4.73. The maximum Gasteiger partial charge on any atom is 0.188 e. The molecule has 4 rings (SSSR count). The van der Waals surface area contributed by atoms with Crippen molar-refractivity contribution in [1.29, 1.82) is 0 Å². The van der Waals surface area contributed by atoms with Gasteiger partial charge in [0.25, 0.3) is 0 Å². The molecule has 1 aliphatic rings. The van der Waals surface area contributed by atoms with Crippen molar-refractivity contribution in [3.05, 3.63) is 42.1 Å². The van der Waals surface area contributed by atoms with Gasteiger partial charge in [0.2, 0.25) is 0 Å². The molecule has 7 nitrogen and oxygen atoms in total. The van der Waals surface area contributed by atoms with Crippen LogP contribution in [0.3, 0.4) is 0 Å². The summed E-state index contributed by atoms with van der Waals surface area (Å²) in [5, 5.41) is 0. The number of anilines is 1. The van der Waals surface area contributed by atoms with Crippen molar-refractivity contribution in [3.63, 3.8) is 0 Å². The average molecular weight is 380 g/mol. The number of aromatic nitrogens is 3. The van der Waals surface area contributed by atoms with Gasteiger partial charge in [-0.15, -0.1) is 0 Å². The first-order valence-corrected chi connectivity index (χ1v) is 9.50. The number of ether oxygens (including phenoxy) is 3. The standard InChI is InChI=1S/C21H24N4O3/c1-3-15-11-18-19(22-13-15)21(25-7-9-27-10-8-25)24-20(23-18)16-5-4-6-17(12-16)28-14-26-2/h4-6,11-13H,3,7-10,14H2,1-2H3. The molecule has 0 aliphatic carbocycles. The number of fused-ring (bicyclic) bond motifs is 1. The highest BCUT2D eigenvalue weighted by molar-refractivity contribution is 5.88. The molecule has 1 saturated heterocycles. The second-order valence-corrected chi connectivity index (χ2v) is 6.61. The number of methoxy groups -OCH3 is 1. The summed E-state index contributed by atoms with van der Waals surface area (Å²) in [6.45, 7) is 5.28. The normalized spacial score (nSPS) is 14.4. The number of pyridine rings is 1. The molecule has 1 fully saturated rings. The monoisotopic (exact) mass is 380 g/mol. The number of benzene rings is 1. The summed E-state index contributed by atoms with van der Waals surface area (Å²) in [6.07, 6.45) is 2.82. The van der Waals surface area contributed by atoms with Crippen molar-refractivity contribution in [2.24, 2.45) is 0 Å². The zero-order chi connectivity index (χ0) is 19.3. The molecule has 3 aromatic rings. The Hall–Kier alpha value is -2.77. The van der Waals surface area contributed by atoms with Crippen LogP contribution in [0.4, 0.5) is 5.82 Å². The molecule has 0 unspecified atom stereocenters. The van der Waals surface area contributed by atoms with E-state index in [1.807, 2.05) is 30.5 Å². The molecule has 1 aromatic carbocycles. The maximum absolute atomic E-state index is 5.57. The fraction of sp³-hybridized carbons (Fsp3) is 0.381. The van der Waals surface area contributed by atoms with Gasteiger partial charge < -0.3 is 19.1 Å². The Morgan fingerprint density at radius 2 is 2.00 bits per heavy atom. The Morgan fingerprint density at radius 3 is 2.79 bits per heavy atom. The van der Waals surface area contributed by atoms with Crippen molar-refractivity contribution in [3.8, 4) is 17.1 Å². The summed E-state index contributed by atoms with van der Waals surface area (Å²) in [4.78, 5) is 16.6. The quantitative estimate of drug-likeness (QED) is 0.609. The van der Waals surface area contributed by atoms with Crippen molar-refractivity contribution < 1.29 is 14.2 Å². The van der Waals surface area contributed by atoms with E-state index in [9.17, 15) is 0 Å². The van der Waals surface area contributed by atoms with Gasteiger partial charge in [-0.3, -0.25) is 4.98 Å².